The van der Waals surface area contributed by atoms with E-state index >= 15 is 0 Å². The lowest BCUT2D eigenvalue weighted by atomic mass is 10.1. The molecule has 1 aliphatic rings. The summed E-state index contributed by atoms with van der Waals surface area (Å²) in [6, 6.07) is 5.36. The number of carbonyl (C=O) groups excluding carboxylic acids is 2. The third-order valence-corrected chi connectivity index (χ3v) is 3.84. The van der Waals surface area contributed by atoms with E-state index in [4.69, 9.17) is 4.74 Å². The van der Waals surface area contributed by atoms with Gasteiger partial charge in [-0.25, -0.2) is 4.39 Å². The van der Waals surface area contributed by atoms with Crippen LogP contribution in [-0.2, 0) is 9.59 Å². The average Bonchev–Trinajstić information content (AvgIpc) is 2.74. The van der Waals surface area contributed by atoms with E-state index in [1.165, 1.54) is 12.1 Å². The monoisotopic (exact) mass is 337 g/mol. The predicted octanol–water partition coefficient (Wildman–Crippen LogP) is 0.921. The fourth-order valence-corrected chi connectivity index (χ4v) is 2.49. The molecule has 1 aliphatic heterocycles. The molecule has 0 spiro atoms. The van der Waals surface area contributed by atoms with Crippen molar-refractivity contribution in [1.82, 2.24) is 15.5 Å². The van der Waals surface area contributed by atoms with Crippen LogP contribution in [0.5, 0.6) is 5.75 Å². The van der Waals surface area contributed by atoms with E-state index in [-0.39, 0.29) is 24.2 Å². The van der Waals surface area contributed by atoms with Crippen LogP contribution in [0.2, 0.25) is 0 Å². The van der Waals surface area contributed by atoms with Gasteiger partial charge in [0.25, 0.3) is 0 Å². The lowest BCUT2D eigenvalue weighted by molar-refractivity contribution is -0.129. The van der Waals surface area contributed by atoms with Crippen LogP contribution in [0.4, 0.5) is 4.39 Å². The number of rotatable bonds is 7. The number of likely N-dealkylation sites (N-methyl/N-ethyl adjacent to an activating group) is 1. The zero-order chi connectivity index (χ0) is 17.4. The zero-order valence-corrected chi connectivity index (χ0v) is 13.9. The van der Waals surface area contributed by atoms with Crippen LogP contribution in [0, 0.1) is 5.82 Å². The Morgan fingerprint density at radius 2 is 2.12 bits per heavy atom. The van der Waals surface area contributed by atoms with Gasteiger partial charge in [-0.2, -0.15) is 0 Å². The predicted molar refractivity (Wildman–Crippen MR) is 88.2 cm³/mol. The van der Waals surface area contributed by atoms with Crippen LogP contribution < -0.4 is 15.4 Å². The van der Waals surface area contributed by atoms with Crippen molar-refractivity contribution in [2.24, 2.45) is 0 Å². The van der Waals surface area contributed by atoms with E-state index in [0.29, 0.717) is 31.9 Å². The molecule has 0 radical (unpaired) electrons. The average molecular weight is 337 g/mol. The van der Waals surface area contributed by atoms with E-state index in [9.17, 15) is 14.0 Å². The van der Waals surface area contributed by atoms with Gasteiger partial charge in [0.1, 0.15) is 24.2 Å². The standard InChI is InChI=1S/C17H24FN3O3/c1-21(10-11-24-14-7-5-13(18)6-8-14)12-16(22)20-15-4-2-3-9-19-17(15)23/h5-8,15H,2-4,9-12H2,1H3,(H,19,23)(H,20,22)/t15-/m1/s1. The highest BCUT2D eigenvalue weighted by atomic mass is 19.1. The molecule has 0 bridgehead atoms. The first-order chi connectivity index (χ1) is 11.5. The molecule has 2 N–H and O–H groups in total. The second-order valence-electron chi connectivity index (χ2n) is 5.95. The number of amides is 2. The topological polar surface area (TPSA) is 70.7 Å². The maximum atomic E-state index is 12.8. The van der Waals surface area contributed by atoms with Crippen LogP contribution >= 0.6 is 0 Å². The number of hydrogen-bond acceptors (Lipinski definition) is 4. The number of halogens is 1. The number of benzene rings is 1. The fraction of sp³-hybridized carbons (Fsp3) is 0.529. The summed E-state index contributed by atoms with van der Waals surface area (Å²) >= 11 is 0. The molecule has 24 heavy (non-hydrogen) atoms. The van der Waals surface area contributed by atoms with Crippen molar-refractivity contribution >= 4 is 11.8 Å². The van der Waals surface area contributed by atoms with Gasteiger partial charge in [0.2, 0.25) is 11.8 Å². The van der Waals surface area contributed by atoms with Crippen LogP contribution in [0.15, 0.2) is 24.3 Å². The quantitative estimate of drug-likeness (QED) is 0.776. The van der Waals surface area contributed by atoms with Gasteiger partial charge in [0.05, 0.1) is 6.54 Å². The van der Waals surface area contributed by atoms with Gasteiger partial charge in [-0.1, -0.05) is 0 Å². The van der Waals surface area contributed by atoms with Gasteiger partial charge in [0.15, 0.2) is 0 Å². The van der Waals surface area contributed by atoms with E-state index in [1.54, 1.807) is 19.2 Å². The first kappa shape index (κ1) is 18.2. The summed E-state index contributed by atoms with van der Waals surface area (Å²) in [7, 11) is 1.81. The summed E-state index contributed by atoms with van der Waals surface area (Å²) in [5.41, 5.74) is 0. The van der Waals surface area contributed by atoms with Crippen LogP contribution in [0.25, 0.3) is 0 Å². The van der Waals surface area contributed by atoms with E-state index in [1.807, 2.05) is 4.90 Å². The Morgan fingerprint density at radius 1 is 1.38 bits per heavy atom. The molecule has 6 nitrogen and oxygen atoms in total. The Morgan fingerprint density at radius 3 is 2.88 bits per heavy atom. The molecule has 0 saturated carbocycles. The van der Waals surface area contributed by atoms with Crippen molar-refractivity contribution in [2.45, 2.75) is 25.3 Å². The molecule has 2 rings (SSSR count). The highest BCUT2D eigenvalue weighted by molar-refractivity contribution is 5.88. The smallest absolute Gasteiger partial charge is 0.242 e. The van der Waals surface area contributed by atoms with Crippen LogP contribution in [0.1, 0.15) is 19.3 Å². The second kappa shape index (κ2) is 9.22. The normalized spacial score (nSPS) is 18.0. The SMILES string of the molecule is CN(CCOc1ccc(F)cc1)CC(=O)N[C@@H]1CCCCNC1=O. The van der Waals surface area contributed by atoms with Gasteiger partial charge in [-0.15, -0.1) is 0 Å². The molecular weight excluding hydrogens is 313 g/mol. The molecule has 1 heterocycles. The summed E-state index contributed by atoms with van der Waals surface area (Å²) in [6.07, 6.45) is 2.54. The minimum atomic E-state index is -0.441. The fourth-order valence-electron chi connectivity index (χ4n) is 2.49. The van der Waals surface area contributed by atoms with Crippen molar-refractivity contribution in [2.75, 3.05) is 33.3 Å². The molecule has 1 atom stereocenters. The molecular formula is C17H24FN3O3. The molecule has 0 aromatic heterocycles. The third kappa shape index (κ3) is 6.16. The molecule has 1 aromatic carbocycles. The number of nitrogens with zero attached hydrogens (tertiary/aromatic N) is 1. The maximum Gasteiger partial charge on any atom is 0.242 e. The number of carbonyl (C=O) groups is 2. The zero-order valence-electron chi connectivity index (χ0n) is 13.9. The Balaban J connectivity index is 1.67. The summed E-state index contributed by atoms with van der Waals surface area (Å²) < 4.78 is 18.3. The number of nitrogens with one attached hydrogen (secondary N) is 2. The van der Waals surface area contributed by atoms with Crippen LogP contribution in [0.3, 0.4) is 0 Å². The summed E-state index contributed by atoms with van der Waals surface area (Å²) in [5.74, 6) is -0.00690. The molecule has 1 aromatic rings. The molecule has 7 heteroatoms. The minimum Gasteiger partial charge on any atom is -0.492 e. The van der Waals surface area contributed by atoms with Gasteiger partial charge in [-0.05, 0) is 50.6 Å². The molecule has 0 aliphatic carbocycles. The van der Waals surface area contributed by atoms with Crippen molar-refractivity contribution in [3.8, 4) is 5.75 Å². The lowest BCUT2D eigenvalue weighted by Crippen LogP contribution is -2.48. The third-order valence-electron chi connectivity index (χ3n) is 3.84. The molecule has 0 unspecified atom stereocenters. The van der Waals surface area contributed by atoms with Gasteiger partial charge >= 0.3 is 0 Å². The Kier molecular flexibility index (Phi) is 6.99. The van der Waals surface area contributed by atoms with E-state index < -0.39 is 6.04 Å². The Bertz CT molecular complexity index is 551. The molecule has 1 fully saturated rings. The van der Waals surface area contributed by atoms with Crippen LogP contribution in [-0.4, -0.2) is 56.0 Å². The second-order valence-corrected chi connectivity index (χ2v) is 5.95. The van der Waals surface area contributed by atoms with Gasteiger partial charge < -0.3 is 15.4 Å². The van der Waals surface area contributed by atoms with Crippen molar-refractivity contribution < 1.29 is 18.7 Å². The summed E-state index contributed by atoms with van der Waals surface area (Å²) in [4.78, 5) is 25.7. The van der Waals surface area contributed by atoms with Crippen molar-refractivity contribution in [3.05, 3.63) is 30.1 Å². The lowest BCUT2D eigenvalue weighted by Gasteiger charge is -2.19. The largest absolute Gasteiger partial charge is 0.492 e. The van der Waals surface area contributed by atoms with Gasteiger partial charge in [-0.3, -0.25) is 14.5 Å². The number of ether oxygens (including phenoxy) is 1. The summed E-state index contributed by atoms with van der Waals surface area (Å²) in [6.45, 7) is 1.80. The minimum absolute atomic E-state index is 0.108. The molecule has 1 saturated heterocycles. The first-order valence-electron chi connectivity index (χ1n) is 8.18. The van der Waals surface area contributed by atoms with E-state index in [0.717, 1.165) is 12.8 Å². The summed E-state index contributed by atoms with van der Waals surface area (Å²) in [5, 5.41) is 5.57. The van der Waals surface area contributed by atoms with E-state index in [2.05, 4.69) is 10.6 Å². The molecule has 2 amide bonds. The van der Waals surface area contributed by atoms with Gasteiger partial charge in [0, 0.05) is 13.1 Å². The number of hydrogen-bond donors (Lipinski definition) is 2. The first-order valence-corrected chi connectivity index (χ1v) is 8.18. The Labute approximate surface area is 141 Å². The molecule has 132 valence electrons. The highest BCUT2D eigenvalue weighted by Gasteiger charge is 2.22. The van der Waals surface area contributed by atoms with Crippen molar-refractivity contribution in [1.29, 1.82) is 0 Å². The maximum absolute atomic E-state index is 12.8. The Hall–Kier alpha value is -2.15. The highest BCUT2D eigenvalue weighted by Crippen LogP contribution is 2.10. The van der Waals surface area contributed by atoms with Crippen molar-refractivity contribution in [3.63, 3.8) is 0 Å².